The zero-order valence-electron chi connectivity index (χ0n) is 9.82. The molecule has 19 heavy (non-hydrogen) atoms. The van der Waals surface area contributed by atoms with E-state index in [9.17, 15) is 4.39 Å². The number of nitrogens with zero attached hydrogens (tertiary/aromatic N) is 2. The van der Waals surface area contributed by atoms with Crippen molar-refractivity contribution in [1.82, 2.24) is 15.0 Å². The van der Waals surface area contributed by atoms with E-state index < -0.39 is 0 Å². The maximum absolute atomic E-state index is 13.7. The van der Waals surface area contributed by atoms with Gasteiger partial charge in [-0.15, -0.1) is 0 Å². The standard InChI is InChI=1S/C13H10ClFN4/c14-8-2-1-3-9(15)7(8)6-12-17-10-4-5-11(16)18-13(10)19-12/h1-5H,6H2,(H3,16,17,18,19). The van der Waals surface area contributed by atoms with Gasteiger partial charge in [0.1, 0.15) is 17.5 Å². The van der Waals surface area contributed by atoms with Crippen LogP contribution in [0.1, 0.15) is 11.4 Å². The van der Waals surface area contributed by atoms with Crippen molar-refractivity contribution >= 4 is 28.6 Å². The lowest BCUT2D eigenvalue weighted by Gasteiger charge is -2.02. The third-order valence-corrected chi connectivity index (χ3v) is 3.18. The van der Waals surface area contributed by atoms with Gasteiger partial charge < -0.3 is 10.7 Å². The fourth-order valence-corrected chi connectivity index (χ4v) is 2.14. The number of hydrogen-bond acceptors (Lipinski definition) is 3. The van der Waals surface area contributed by atoms with E-state index >= 15 is 0 Å². The van der Waals surface area contributed by atoms with E-state index in [1.165, 1.54) is 6.07 Å². The van der Waals surface area contributed by atoms with Gasteiger partial charge in [0, 0.05) is 17.0 Å². The maximum Gasteiger partial charge on any atom is 0.179 e. The van der Waals surface area contributed by atoms with Crippen molar-refractivity contribution in [3.8, 4) is 0 Å². The molecule has 0 radical (unpaired) electrons. The Morgan fingerprint density at radius 2 is 2.05 bits per heavy atom. The Morgan fingerprint density at radius 3 is 2.84 bits per heavy atom. The highest BCUT2D eigenvalue weighted by atomic mass is 35.5. The summed E-state index contributed by atoms with van der Waals surface area (Å²) in [5.74, 6) is 0.648. The predicted octanol–water partition coefficient (Wildman–Crippen LogP) is 2.92. The molecule has 2 heterocycles. The van der Waals surface area contributed by atoms with Crippen molar-refractivity contribution in [3.05, 3.63) is 52.6 Å². The lowest BCUT2D eigenvalue weighted by molar-refractivity contribution is 0.612. The Bertz CT molecular complexity index is 733. The molecule has 0 aliphatic rings. The molecule has 0 bridgehead atoms. The van der Waals surface area contributed by atoms with E-state index in [-0.39, 0.29) is 12.2 Å². The van der Waals surface area contributed by atoms with Gasteiger partial charge in [0.25, 0.3) is 0 Å². The number of aromatic amines is 1. The number of halogens is 2. The number of nitrogens with one attached hydrogen (secondary N) is 1. The number of rotatable bonds is 2. The van der Waals surface area contributed by atoms with Crippen LogP contribution in [0.3, 0.4) is 0 Å². The van der Waals surface area contributed by atoms with Crippen LogP contribution in [0.4, 0.5) is 10.2 Å². The van der Waals surface area contributed by atoms with Crippen LogP contribution in [0, 0.1) is 5.82 Å². The van der Waals surface area contributed by atoms with Gasteiger partial charge in [0.2, 0.25) is 0 Å². The zero-order valence-corrected chi connectivity index (χ0v) is 10.6. The summed E-state index contributed by atoms with van der Waals surface area (Å²) in [4.78, 5) is 11.4. The van der Waals surface area contributed by atoms with Crippen LogP contribution in [0.15, 0.2) is 30.3 Å². The van der Waals surface area contributed by atoms with Crippen molar-refractivity contribution in [2.45, 2.75) is 6.42 Å². The quantitative estimate of drug-likeness (QED) is 0.756. The van der Waals surface area contributed by atoms with E-state index in [2.05, 4.69) is 15.0 Å². The summed E-state index contributed by atoms with van der Waals surface area (Å²) >= 11 is 5.99. The number of H-pyrrole nitrogens is 1. The van der Waals surface area contributed by atoms with Crippen LogP contribution in [-0.4, -0.2) is 15.0 Å². The molecule has 0 amide bonds. The summed E-state index contributed by atoms with van der Waals surface area (Å²) in [6, 6.07) is 8.07. The van der Waals surface area contributed by atoms with Gasteiger partial charge in [-0.05, 0) is 24.3 Å². The van der Waals surface area contributed by atoms with Gasteiger partial charge in [-0.1, -0.05) is 17.7 Å². The molecule has 2 aromatic heterocycles. The van der Waals surface area contributed by atoms with Crippen LogP contribution >= 0.6 is 11.6 Å². The largest absolute Gasteiger partial charge is 0.384 e. The van der Waals surface area contributed by atoms with Crippen molar-refractivity contribution in [1.29, 1.82) is 0 Å². The topological polar surface area (TPSA) is 67.6 Å². The van der Waals surface area contributed by atoms with Crippen molar-refractivity contribution in [2.75, 3.05) is 5.73 Å². The molecule has 0 saturated carbocycles. The van der Waals surface area contributed by atoms with E-state index in [1.54, 1.807) is 24.3 Å². The molecule has 0 fully saturated rings. The molecule has 0 atom stereocenters. The Labute approximate surface area is 113 Å². The number of nitrogens with two attached hydrogens (primary N) is 1. The first-order chi connectivity index (χ1) is 9.13. The molecule has 0 aliphatic heterocycles. The summed E-state index contributed by atoms with van der Waals surface area (Å²) in [6.07, 6.45) is 0.280. The first-order valence-corrected chi connectivity index (χ1v) is 6.05. The van der Waals surface area contributed by atoms with Gasteiger partial charge in [0.15, 0.2) is 5.65 Å². The van der Waals surface area contributed by atoms with Gasteiger partial charge >= 0.3 is 0 Å². The Hall–Kier alpha value is -2.14. The maximum atomic E-state index is 13.7. The molecular formula is C13H10ClFN4. The lowest BCUT2D eigenvalue weighted by Crippen LogP contribution is -1.95. The number of benzene rings is 1. The van der Waals surface area contributed by atoms with Crippen LogP contribution in [0.2, 0.25) is 5.02 Å². The average molecular weight is 277 g/mol. The summed E-state index contributed by atoms with van der Waals surface area (Å²) < 4.78 is 13.7. The number of nitrogen functional groups attached to an aromatic ring is 1. The molecule has 3 rings (SSSR count). The minimum absolute atomic E-state index is 0.280. The molecule has 3 aromatic rings. The number of hydrogen-bond donors (Lipinski definition) is 2. The molecule has 96 valence electrons. The number of anilines is 1. The molecule has 0 spiro atoms. The normalized spacial score (nSPS) is 11.1. The smallest absolute Gasteiger partial charge is 0.179 e. The number of aromatic nitrogens is 3. The Balaban J connectivity index is 2.01. The Morgan fingerprint density at radius 1 is 1.21 bits per heavy atom. The molecule has 3 N–H and O–H groups in total. The van der Waals surface area contributed by atoms with Crippen LogP contribution < -0.4 is 5.73 Å². The SMILES string of the molecule is Nc1ccc2[nH]c(Cc3c(F)cccc3Cl)nc2n1. The molecule has 0 unspecified atom stereocenters. The summed E-state index contributed by atoms with van der Waals surface area (Å²) in [5, 5.41) is 0.382. The zero-order chi connectivity index (χ0) is 13.4. The van der Waals surface area contributed by atoms with Gasteiger partial charge in [-0.3, -0.25) is 0 Å². The van der Waals surface area contributed by atoms with Crippen LogP contribution in [0.5, 0.6) is 0 Å². The van der Waals surface area contributed by atoms with Gasteiger partial charge in [0.05, 0.1) is 5.52 Å². The number of fused-ring (bicyclic) bond motifs is 1. The summed E-state index contributed by atoms with van der Waals surface area (Å²) in [5.41, 5.74) is 7.28. The minimum atomic E-state index is -0.347. The molecule has 0 saturated heterocycles. The first kappa shape index (κ1) is 11.9. The lowest BCUT2D eigenvalue weighted by atomic mass is 10.1. The third kappa shape index (κ3) is 2.24. The second-order valence-electron chi connectivity index (χ2n) is 4.17. The highest BCUT2D eigenvalue weighted by molar-refractivity contribution is 6.31. The molecule has 0 aliphatic carbocycles. The van der Waals surface area contributed by atoms with Crippen molar-refractivity contribution < 1.29 is 4.39 Å². The van der Waals surface area contributed by atoms with Crippen LogP contribution in [0.25, 0.3) is 11.2 Å². The second kappa shape index (κ2) is 4.51. The molecule has 1 aromatic carbocycles. The predicted molar refractivity (Wildman–Crippen MR) is 72.5 cm³/mol. The molecule has 6 heteroatoms. The highest BCUT2D eigenvalue weighted by Gasteiger charge is 2.11. The van der Waals surface area contributed by atoms with E-state index in [1.807, 2.05) is 0 Å². The van der Waals surface area contributed by atoms with Crippen molar-refractivity contribution in [3.63, 3.8) is 0 Å². The summed E-state index contributed by atoms with van der Waals surface area (Å²) in [7, 11) is 0. The third-order valence-electron chi connectivity index (χ3n) is 2.82. The first-order valence-electron chi connectivity index (χ1n) is 5.67. The fraction of sp³-hybridized carbons (Fsp3) is 0.0769. The molecule has 4 nitrogen and oxygen atoms in total. The highest BCUT2D eigenvalue weighted by Crippen LogP contribution is 2.22. The van der Waals surface area contributed by atoms with Gasteiger partial charge in [-0.2, -0.15) is 0 Å². The van der Waals surface area contributed by atoms with Crippen molar-refractivity contribution in [2.24, 2.45) is 0 Å². The van der Waals surface area contributed by atoms with E-state index in [0.29, 0.717) is 27.9 Å². The summed E-state index contributed by atoms with van der Waals surface area (Å²) in [6.45, 7) is 0. The van der Waals surface area contributed by atoms with Gasteiger partial charge in [-0.25, -0.2) is 14.4 Å². The minimum Gasteiger partial charge on any atom is -0.384 e. The second-order valence-corrected chi connectivity index (χ2v) is 4.57. The fourth-order valence-electron chi connectivity index (χ4n) is 1.91. The van der Waals surface area contributed by atoms with Crippen LogP contribution in [-0.2, 0) is 6.42 Å². The van der Waals surface area contributed by atoms with E-state index in [0.717, 1.165) is 5.52 Å². The monoisotopic (exact) mass is 276 g/mol. The Kier molecular flexibility index (Phi) is 2.83. The average Bonchev–Trinajstić information content (AvgIpc) is 2.75. The number of pyridine rings is 1. The number of imidazole rings is 1. The van der Waals surface area contributed by atoms with E-state index in [4.69, 9.17) is 17.3 Å². The molecular weight excluding hydrogens is 267 g/mol.